The number of rotatable bonds is 7. The van der Waals surface area contributed by atoms with Gasteiger partial charge in [0.2, 0.25) is 0 Å². The Bertz CT molecular complexity index is 878. The van der Waals surface area contributed by atoms with Crippen molar-refractivity contribution in [3.63, 3.8) is 0 Å². The van der Waals surface area contributed by atoms with Crippen LogP contribution in [-0.2, 0) is 14.3 Å². The maximum absolute atomic E-state index is 12.0. The van der Waals surface area contributed by atoms with Crippen LogP contribution in [0.2, 0.25) is 0 Å². The second kappa shape index (κ2) is 9.54. The highest BCUT2D eigenvalue weighted by Gasteiger charge is 2.18. The van der Waals surface area contributed by atoms with Crippen LogP contribution in [0.5, 0.6) is 0 Å². The number of nitro benzene ring substituents is 1. The number of benzene rings is 2. The van der Waals surface area contributed by atoms with E-state index in [1.807, 2.05) is 30.5 Å². The van der Waals surface area contributed by atoms with Crippen molar-refractivity contribution >= 4 is 41.1 Å². The molecule has 27 heavy (non-hydrogen) atoms. The quantitative estimate of drug-likeness (QED) is 0.255. The third-order valence-corrected chi connectivity index (χ3v) is 4.33. The fourth-order valence-corrected chi connectivity index (χ4v) is 2.61. The first-order valence-electron chi connectivity index (χ1n) is 7.93. The lowest BCUT2D eigenvalue weighted by molar-refractivity contribution is -0.384. The minimum absolute atomic E-state index is 0.0907. The van der Waals surface area contributed by atoms with Crippen LogP contribution in [0.4, 0.5) is 11.4 Å². The highest BCUT2D eigenvalue weighted by Crippen LogP contribution is 2.27. The van der Waals surface area contributed by atoms with Gasteiger partial charge in [-0.15, -0.1) is 11.8 Å². The van der Waals surface area contributed by atoms with E-state index in [0.717, 1.165) is 10.5 Å². The fraction of sp³-hybridized carbons (Fsp3) is 0.158. The molecule has 0 saturated carbocycles. The lowest BCUT2D eigenvalue weighted by atomic mass is 10.1. The smallest absolute Gasteiger partial charge is 0.331 e. The van der Waals surface area contributed by atoms with Crippen LogP contribution in [0.3, 0.4) is 0 Å². The summed E-state index contributed by atoms with van der Waals surface area (Å²) in [7, 11) is 0. The predicted molar refractivity (Wildman–Crippen MR) is 105 cm³/mol. The summed E-state index contributed by atoms with van der Waals surface area (Å²) in [4.78, 5) is 35.3. The molecular formula is C19H18N2O5S. The van der Waals surface area contributed by atoms with Gasteiger partial charge in [0.15, 0.2) is 6.61 Å². The first-order chi connectivity index (χ1) is 12.9. The number of hydrogen-bond donors (Lipinski definition) is 1. The Kier molecular flexibility index (Phi) is 7.13. The molecule has 0 aliphatic carbocycles. The Labute approximate surface area is 160 Å². The minimum Gasteiger partial charge on any atom is -0.452 e. The van der Waals surface area contributed by atoms with Gasteiger partial charge in [-0.3, -0.25) is 14.9 Å². The molecule has 0 aliphatic heterocycles. The molecule has 0 bridgehead atoms. The van der Waals surface area contributed by atoms with E-state index in [0.29, 0.717) is 5.56 Å². The third kappa shape index (κ3) is 5.96. The van der Waals surface area contributed by atoms with Crippen molar-refractivity contribution in [2.24, 2.45) is 0 Å². The predicted octanol–water partition coefficient (Wildman–Crippen LogP) is 3.82. The number of para-hydroxylation sites is 1. The summed E-state index contributed by atoms with van der Waals surface area (Å²) in [5, 5.41) is 13.5. The second-order valence-electron chi connectivity index (χ2n) is 5.49. The number of ether oxygens (including phenoxy) is 1. The number of nitro groups is 1. The van der Waals surface area contributed by atoms with Gasteiger partial charge in [-0.2, -0.15) is 0 Å². The van der Waals surface area contributed by atoms with Gasteiger partial charge in [0.05, 0.1) is 4.92 Å². The van der Waals surface area contributed by atoms with Crippen LogP contribution in [0, 0.1) is 17.0 Å². The van der Waals surface area contributed by atoms with Gasteiger partial charge in [-0.25, -0.2) is 4.79 Å². The molecule has 0 aliphatic rings. The van der Waals surface area contributed by atoms with E-state index in [-0.39, 0.29) is 11.4 Å². The largest absolute Gasteiger partial charge is 0.452 e. The highest BCUT2D eigenvalue weighted by molar-refractivity contribution is 7.98. The first-order valence-corrected chi connectivity index (χ1v) is 9.16. The summed E-state index contributed by atoms with van der Waals surface area (Å²) in [6, 6.07) is 12.0. The molecule has 2 rings (SSSR count). The Morgan fingerprint density at radius 2 is 1.93 bits per heavy atom. The topological polar surface area (TPSA) is 98.5 Å². The number of hydrogen-bond acceptors (Lipinski definition) is 6. The average molecular weight is 386 g/mol. The number of esters is 1. The summed E-state index contributed by atoms with van der Waals surface area (Å²) >= 11 is 1.62. The van der Waals surface area contributed by atoms with Crippen LogP contribution in [0.15, 0.2) is 53.4 Å². The van der Waals surface area contributed by atoms with E-state index in [4.69, 9.17) is 4.74 Å². The number of thioether (sulfide) groups is 1. The molecule has 2 aromatic carbocycles. The lowest BCUT2D eigenvalue weighted by Crippen LogP contribution is -2.21. The molecule has 0 aromatic heterocycles. The van der Waals surface area contributed by atoms with Crippen molar-refractivity contribution in [3.05, 3.63) is 69.8 Å². The van der Waals surface area contributed by atoms with Crippen LogP contribution in [0.1, 0.15) is 11.1 Å². The monoisotopic (exact) mass is 386 g/mol. The molecule has 1 amide bonds. The number of nitrogens with zero attached hydrogens (tertiary/aromatic N) is 1. The van der Waals surface area contributed by atoms with E-state index >= 15 is 0 Å². The number of nitrogens with one attached hydrogen (secondary N) is 1. The van der Waals surface area contributed by atoms with Crippen LogP contribution in [-0.4, -0.2) is 29.7 Å². The summed E-state index contributed by atoms with van der Waals surface area (Å²) in [5.41, 5.74) is 1.23. The van der Waals surface area contributed by atoms with E-state index in [9.17, 15) is 19.7 Å². The van der Waals surface area contributed by atoms with Gasteiger partial charge < -0.3 is 10.1 Å². The van der Waals surface area contributed by atoms with Crippen LogP contribution >= 0.6 is 11.8 Å². The normalized spacial score (nSPS) is 10.6. The standard InChI is InChI=1S/C19H18N2O5S/c1-13-4-3-5-16(21(24)25)19(13)20-17(22)12-26-18(23)11-8-14-6-9-15(27-2)10-7-14/h3-11H,12H2,1-2H3,(H,20,22)/b11-8+. The molecule has 0 spiro atoms. The Morgan fingerprint density at radius 1 is 1.22 bits per heavy atom. The zero-order valence-corrected chi connectivity index (χ0v) is 15.6. The molecule has 7 nitrogen and oxygen atoms in total. The van der Waals surface area contributed by atoms with E-state index < -0.39 is 23.4 Å². The average Bonchev–Trinajstić information content (AvgIpc) is 2.66. The Balaban J connectivity index is 1.91. The fourth-order valence-electron chi connectivity index (χ4n) is 2.21. The van der Waals surface area contributed by atoms with Crippen molar-refractivity contribution < 1.29 is 19.2 Å². The minimum atomic E-state index is -0.682. The number of anilines is 1. The maximum atomic E-state index is 12.0. The lowest BCUT2D eigenvalue weighted by Gasteiger charge is -2.08. The zero-order valence-electron chi connectivity index (χ0n) is 14.8. The van der Waals surface area contributed by atoms with E-state index in [1.54, 1.807) is 30.8 Å². The molecule has 1 N–H and O–H groups in total. The molecule has 0 unspecified atom stereocenters. The summed E-state index contributed by atoms with van der Waals surface area (Å²) in [6.45, 7) is 1.10. The van der Waals surface area contributed by atoms with E-state index in [2.05, 4.69) is 5.32 Å². The number of aryl methyl sites for hydroxylation is 1. The van der Waals surface area contributed by atoms with Crippen molar-refractivity contribution in [1.82, 2.24) is 0 Å². The molecular weight excluding hydrogens is 368 g/mol. The van der Waals surface area contributed by atoms with Gasteiger partial charge in [0.1, 0.15) is 5.69 Å². The highest BCUT2D eigenvalue weighted by atomic mass is 32.2. The van der Waals surface area contributed by atoms with Gasteiger partial charge in [-0.05, 0) is 42.5 Å². The summed E-state index contributed by atoms with van der Waals surface area (Å²) in [6.07, 6.45) is 4.77. The Morgan fingerprint density at radius 3 is 2.56 bits per heavy atom. The number of amides is 1. The molecule has 0 fully saturated rings. The van der Waals surface area contributed by atoms with Gasteiger partial charge >= 0.3 is 5.97 Å². The molecule has 0 saturated heterocycles. The van der Waals surface area contributed by atoms with Crippen molar-refractivity contribution in [2.45, 2.75) is 11.8 Å². The molecule has 0 atom stereocenters. The second-order valence-corrected chi connectivity index (χ2v) is 6.37. The molecule has 0 heterocycles. The Hall–Kier alpha value is -3.13. The van der Waals surface area contributed by atoms with Crippen molar-refractivity contribution in [1.29, 1.82) is 0 Å². The zero-order chi connectivity index (χ0) is 19.8. The van der Waals surface area contributed by atoms with Crippen molar-refractivity contribution in [3.8, 4) is 0 Å². The molecule has 8 heteroatoms. The van der Waals surface area contributed by atoms with Crippen LogP contribution in [0.25, 0.3) is 6.08 Å². The van der Waals surface area contributed by atoms with Gasteiger partial charge in [0.25, 0.3) is 11.6 Å². The first kappa shape index (κ1) is 20.2. The summed E-state index contributed by atoms with van der Waals surface area (Å²) in [5.74, 6) is -1.34. The molecule has 140 valence electrons. The van der Waals surface area contributed by atoms with Gasteiger partial charge in [0, 0.05) is 17.0 Å². The number of carbonyl (C=O) groups excluding carboxylic acids is 2. The molecule has 0 radical (unpaired) electrons. The maximum Gasteiger partial charge on any atom is 0.331 e. The summed E-state index contributed by atoms with van der Waals surface area (Å²) < 4.78 is 4.87. The van der Waals surface area contributed by atoms with Crippen LogP contribution < -0.4 is 5.32 Å². The van der Waals surface area contributed by atoms with E-state index in [1.165, 1.54) is 18.2 Å². The molecule has 2 aromatic rings. The number of carbonyl (C=O) groups is 2. The third-order valence-electron chi connectivity index (χ3n) is 3.59. The van der Waals surface area contributed by atoms with Crippen molar-refractivity contribution in [2.75, 3.05) is 18.2 Å². The SMILES string of the molecule is CSc1ccc(/C=C/C(=O)OCC(=O)Nc2c(C)cccc2[N+](=O)[O-])cc1. The van der Waals surface area contributed by atoms with Gasteiger partial charge in [-0.1, -0.05) is 24.3 Å².